The third kappa shape index (κ3) is 6.47. The lowest BCUT2D eigenvalue weighted by Gasteiger charge is -2.31. The number of aliphatic imine (C=N–C) groups is 1. The minimum atomic E-state index is -0.209. The molecule has 0 saturated heterocycles. The predicted molar refractivity (Wildman–Crippen MR) is 110 cm³/mol. The van der Waals surface area contributed by atoms with Crippen molar-refractivity contribution < 1.29 is 9.13 Å². The van der Waals surface area contributed by atoms with Gasteiger partial charge in [-0.1, -0.05) is 25.0 Å². The third-order valence-electron chi connectivity index (χ3n) is 5.70. The van der Waals surface area contributed by atoms with Gasteiger partial charge in [0.2, 0.25) is 0 Å². The molecule has 1 saturated carbocycles. The van der Waals surface area contributed by atoms with Crippen LogP contribution in [0.2, 0.25) is 0 Å². The Morgan fingerprint density at radius 1 is 1.22 bits per heavy atom. The van der Waals surface area contributed by atoms with Gasteiger partial charge in [0.15, 0.2) is 5.96 Å². The molecule has 1 aliphatic carbocycles. The normalized spacial score (nSPS) is 17.9. The van der Waals surface area contributed by atoms with Gasteiger partial charge in [-0.05, 0) is 56.5 Å². The highest BCUT2D eigenvalue weighted by atomic mass is 19.1. The molecule has 6 heteroatoms. The van der Waals surface area contributed by atoms with Crippen LogP contribution in [0.15, 0.2) is 29.3 Å². The van der Waals surface area contributed by atoms with Crippen LogP contribution in [-0.4, -0.2) is 58.8 Å². The van der Waals surface area contributed by atoms with Crippen molar-refractivity contribution in [2.45, 2.75) is 38.1 Å². The maximum absolute atomic E-state index is 13.2. The van der Waals surface area contributed by atoms with E-state index in [1.165, 1.54) is 37.8 Å². The van der Waals surface area contributed by atoms with Crippen molar-refractivity contribution in [1.29, 1.82) is 0 Å². The Balaban J connectivity index is 1.92. The highest BCUT2D eigenvalue weighted by Gasteiger charge is 2.33. The Hall–Kier alpha value is -1.66. The molecule has 0 amide bonds. The van der Waals surface area contributed by atoms with E-state index in [1.54, 1.807) is 14.2 Å². The first kappa shape index (κ1) is 21.6. The molecule has 1 unspecified atom stereocenters. The van der Waals surface area contributed by atoms with E-state index in [-0.39, 0.29) is 11.9 Å². The zero-order valence-electron chi connectivity index (χ0n) is 17.2. The summed E-state index contributed by atoms with van der Waals surface area (Å²) in [5.41, 5.74) is 1.39. The molecule has 0 heterocycles. The molecule has 0 radical (unpaired) electrons. The lowest BCUT2D eigenvalue weighted by molar-refractivity contribution is 0.138. The maximum Gasteiger partial charge on any atom is 0.191 e. The second-order valence-corrected chi connectivity index (χ2v) is 7.79. The molecule has 0 aliphatic heterocycles. The highest BCUT2D eigenvalue weighted by Crippen LogP contribution is 2.40. The number of methoxy groups -OCH3 is 1. The van der Waals surface area contributed by atoms with Gasteiger partial charge < -0.3 is 20.3 Å². The number of nitrogens with one attached hydrogen (secondary N) is 2. The van der Waals surface area contributed by atoms with Crippen LogP contribution in [0.25, 0.3) is 0 Å². The first-order chi connectivity index (χ1) is 13.0. The number of guanidine groups is 1. The summed E-state index contributed by atoms with van der Waals surface area (Å²) in [6.07, 6.45) is 6.17. The first-order valence-corrected chi connectivity index (χ1v) is 9.85. The Labute approximate surface area is 163 Å². The second kappa shape index (κ2) is 10.6. The molecule has 152 valence electrons. The molecule has 27 heavy (non-hydrogen) atoms. The van der Waals surface area contributed by atoms with Crippen molar-refractivity contribution >= 4 is 5.96 Å². The Morgan fingerprint density at radius 2 is 1.89 bits per heavy atom. The molecule has 5 nitrogen and oxygen atoms in total. The zero-order chi connectivity index (χ0) is 19.7. The standard InChI is InChI=1S/C21H35FN4O/c1-23-20(25-16-21(13-14-27-4)11-5-6-12-21)24-15-19(26(2)3)17-7-9-18(22)10-8-17/h7-10,19H,5-6,11-16H2,1-4H3,(H2,23,24,25). The van der Waals surface area contributed by atoms with Gasteiger partial charge >= 0.3 is 0 Å². The first-order valence-electron chi connectivity index (χ1n) is 9.85. The van der Waals surface area contributed by atoms with E-state index in [2.05, 4.69) is 20.5 Å². The van der Waals surface area contributed by atoms with Crippen LogP contribution in [0.3, 0.4) is 0 Å². The van der Waals surface area contributed by atoms with Crippen molar-refractivity contribution in [3.05, 3.63) is 35.6 Å². The van der Waals surface area contributed by atoms with E-state index in [0.717, 1.165) is 31.1 Å². The quantitative estimate of drug-likeness (QED) is 0.512. The fourth-order valence-corrected chi connectivity index (χ4v) is 3.93. The number of rotatable bonds is 9. The summed E-state index contributed by atoms with van der Waals surface area (Å²) in [6, 6.07) is 6.85. The van der Waals surface area contributed by atoms with Crippen LogP contribution in [0.5, 0.6) is 0 Å². The number of hydrogen-bond donors (Lipinski definition) is 2. The van der Waals surface area contributed by atoms with E-state index < -0.39 is 0 Å². The number of benzene rings is 1. The lowest BCUT2D eigenvalue weighted by Crippen LogP contribution is -2.45. The van der Waals surface area contributed by atoms with E-state index in [1.807, 2.05) is 26.2 Å². The summed E-state index contributed by atoms with van der Waals surface area (Å²) < 4.78 is 18.5. The molecular weight excluding hydrogens is 343 g/mol. The van der Waals surface area contributed by atoms with Crippen molar-refractivity contribution in [1.82, 2.24) is 15.5 Å². The van der Waals surface area contributed by atoms with Crippen LogP contribution in [0.1, 0.15) is 43.7 Å². The molecule has 2 N–H and O–H groups in total. The van der Waals surface area contributed by atoms with Crippen molar-refractivity contribution in [2.75, 3.05) is 47.9 Å². The second-order valence-electron chi connectivity index (χ2n) is 7.79. The predicted octanol–water partition coefficient (Wildman–Crippen LogP) is 3.19. The van der Waals surface area contributed by atoms with Crippen molar-refractivity contribution in [3.8, 4) is 0 Å². The van der Waals surface area contributed by atoms with E-state index in [4.69, 9.17) is 4.74 Å². The fourth-order valence-electron chi connectivity index (χ4n) is 3.93. The summed E-state index contributed by atoms with van der Waals surface area (Å²) in [5.74, 6) is 0.604. The minimum Gasteiger partial charge on any atom is -0.385 e. The molecule has 1 fully saturated rings. The Kier molecular flexibility index (Phi) is 8.51. The van der Waals surface area contributed by atoms with Gasteiger partial charge in [0, 0.05) is 33.9 Å². The SMILES string of the molecule is CN=C(NCC(c1ccc(F)cc1)N(C)C)NCC1(CCOC)CCCC1. The third-order valence-corrected chi connectivity index (χ3v) is 5.70. The van der Waals surface area contributed by atoms with Crippen LogP contribution in [0, 0.1) is 11.2 Å². The summed E-state index contributed by atoms with van der Waals surface area (Å²) in [5, 5.41) is 6.95. The molecular formula is C21H35FN4O. The van der Waals surface area contributed by atoms with Gasteiger partial charge in [-0.3, -0.25) is 4.99 Å². The van der Waals surface area contributed by atoms with Gasteiger partial charge in [0.1, 0.15) is 5.82 Å². The molecule has 0 aromatic heterocycles. The van der Waals surface area contributed by atoms with Crippen LogP contribution in [0.4, 0.5) is 4.39 Å². The van der Waals surface area contributed by atoms with Gasteiger partial charge in [-0.25, -0.2) is 4.39 Å². The molecule has 0 spiro atoms. The van der Waals surface area contributed by atoms with Gasteiger partial charge in [-0.15, -0.1) is 0 Å². The molecule has 2 rings (SSSR count). The summed E-state index contributed by atoms with van der Waals surface area (Å²) in [6.45, 7) is 2.42. The van der Waals surface area contributed by atoms with Crippen molar-refractivity contribution in [2.24, 2.45) is 10.4 Å². The molecule has 1 aromatic carbocycles. The topological polar surface area (TPSA) is 48.9 Å². The van der Waals surface area contributed by atoms with E-state index >= 15 is 0 Å². The van der Waals surface area contributed by atoms with Gasteiger partial charge in [0.05, 0.1) is 6.04 Å². The number of likely N-dealkylation sites (N-methyl/N-ethyl adjacent to an activating group) is 1. The summed E-state index contributed by atoms with van der Waals surface area (Å²) >= 11 is 0. The average Bonchev–Trinajstić information content (AvgIpc) is 3.13. The Morgan fingerprint density at radius 3 is 2.44 bits per heavy atom. The molecule has 1 atom stereocenters. The number of halogens is 1. The Bertz CT molecular complexity index is 582. The van der Waals surface area contributed by atoms with Crippen LogP contribution < -0.4 is 10.6 Å². The molecule has 0 bridgehead atoms. The molecule has 1 aliphatic rings. The summed E-state index contributed by atoms with van der Waals surface area (Å²) in [7, 11) is 7.64. The van der Waals surface area contributed by atoms with Gasteiger partial charge in [0.25, 0.3) is 0 Å². The smallest absolute Gasteiger partial charge is 0.191 e. The molecule has 1 aromatic rings. The van der Waals surface area contributed by atoms with Crippen LogP contribution >= 0.6 is 0 Å². The number of hydrogen-bond acceptors (Lipinski definition) is 3. The largest absolute Gasteiger partial charge is 0.385 e. The average molecular weight is 379 g/mol. The maximum atomic E-state index is 13.2. The zero-order valence-corrected chi connectivity index (χ0v) is 17.2. The van der Waals surface area contributed by atoms with E-state index in [0.29, 0.717) is 12.0 Å². The highest BCUT2D eigenvalue weighted by molar-refractivity contribution is 5.79. The van der Waals surface area contributed by atoms with E-state index in [9.17, 15) is 4.39 Å². The number of nitrogens with zero attached hydrogens (tertiary/aromatic N) is 2. The fraction of sp³-hybridized carbons (Fsp3) is 0.667. The van der Waals surface area contributed by atoms with Crippen molar-refractivity contribution in [3.63, 3.8) is 0 Å². The lowest BCUT2D eigenvalue weighted by atomic mass is 9.83. The number of ether oxygens (including phenoxy) is 1. The van der Waals surface area contributed by atoms with Crippen LogP contribution in [-0.2, 0) is 4.74 Å². The van der Waals surface area contributed by atoms with Gasteiger partial charge in [-0.2, -0.15) is 0 Å². The minimum absolute atomic E-state index is 0.137. The summed E-state index contributed by atoms with van der Waals surface area (Å²) in [4.78, 5) is 6.51. The monoisotopic (exact) mass is 378 g/mol.